The Morgan fingerprint density at radius 3 is 2.53 bits per heavy atom. The molecule has 0 aliphatic heterocycles. The van der Waals surface area contributed by atoms with Crippen molar-refractivity contribution in [2.75, 3.05) is 18.0 Å². The number of hydrogen-bond donors (Lipinski definition) is 1. The van der Waals surface area contributed by atoms with Gasteiger partial charge in [-0.25, -0.2) is 0 Å². The molecule has 0 fully saturated rings. The minimum Gasteiger partial charge on any atom is -0.370 e. The minimum atomic E-state index is 0.0149. The lowest BCUT2D eigenvalue weighted by atomic mass is 10.1. The van der Waals surface area contributed by atoms with Gasteiger partial charge in [-0.2, -0.15) is 5.26 Å². The second kappa shape index (κ2) is 7.52. The van der Waals surface area contributed by atoms with Crippen molar-refractivity contribution in [2.24, 2.45) is 11.7 Å². The van der Waals surface area contributed by atoms with E-state index in [1.807, 2.05) is 6.92 Å². The molecular formula is C15H22BrN3. The molecule has 0 aliphatic rings. The van der Waals surface area contributed by atoms with Crippen LogP contribution in [-0.2, 0) is 0 Å². The third kappa shape index (κ3) is 4.85. The van der Waals surface area contributed by atoms with E-state index in [1.54, 1.807) is 0 Å². The second-order valence-electron chi connectivity index (χ2n) is 5.24. The van der Waals surface area contributed by atoms with E-state index >= 15 is 0 Å². The van der Waals surface area contributed by atoms with Crippen LogP contribution in [0.5, 0.6) is 0 Å². The highest BCUT2D eigenvalue weighted by atomic mass is 79.9. The van der Waals surface area contributed by atoms with Gasteiger partial charge in [-0.3, -0.25) is 0 Å². The van der Waals surface area contributed by atoms with E-state index in [2.05, 4.69) is 58.9 Å². The highest BCUT2D eigenvalue weighted by molar-refractivity contribution is 9.10. The van der Waals surface area contributed by atoms with Gasteiger partial charge in [-0.05, 0) is 30.5 Å². The zero-order valence-corrected chi connectivity index (χ0v) is 13.4. The molecule has 0 radical (unpaired) electrons. The summed E-state index contributed by atoms with van der Waals surface area (Å²) in [6.07, 6.45) is 0.541. The predicted molar refractivity (Wildman–Crippen MR) is 84.0 cm³/mol. The molecule has 1 aromatic carbocycles. The summed E-state index contributed by atoms with van der Waals surface area (Å²) in [5.74, 6) is 0.561. The highest BCUT2D eigenvalue weighted by Crippen LogP contribution is 2.28. The molecule has 0 spiro atoms. The zero-order valence-electron chi connectivity index (χ0n) is 11.9. The maximum Gasteiger partial charge on any atom is 0.0640 e. The number of nitriles is 1. The average molecular weight is 324 g/mol. The molecule has 1 aromatic rings. The molecule has 0 bridgehead atoms. The number of nitrogens with zero attached hydrogens (tertiary/aromatic N) is 2. The van der Waals surface area contributed by atoms with Gasteiger partial charge in [0.05, 0.1) is 12.5 Å². The molecule has 2 N–H and O–H groups in total. The number of nitrogens with two attached hydrogens (primary N) is 1. The van der Waals surface area contributed by atoms with E-state index in [4.69, 9.17) is 11.0 Å². The Hall–Kier alpha value is -1.05. The normalized spacial score (nSPS) is 12.3. The quantitative estimate of drug-likeness (QED) is 0.865. The molecular weight excluding hydrogens is 302 g/mol. The lowest BCUT2D eigenvalue weighted by Gasteiger charge is -2.26. The van der Waals surface area contributed by atoms with Gasteiger partial charge in [0.2, 0.25) is 0 Å². The fraction of sp³-hybridized carbons (Fsp3) is 0.533. The van der Waals surface area contributed by atoms with Crippen LogP contribution >= 0.6 is 15.9 Å². The van der Waals surface area contributed by atoms with Gasteiger partial charge in [-0.15, -0.1) is 0 Å². The van der Waals surface area contributed by atoms with Gasteiger partial charge in [0, 0.05) is 29.3 Å². The number of halogens is 1. The minimum absolute atomic E-state index is 0.0149. The van der Waals surface area contributed by atoms with Crippen LogP contribution in [0, 0.1) is 17.2 Å². The molecule has 0 saturated heterocycles. The van der Waals surface area contributed by atoms with Crippen molar-refractivity contribution in [3.05, 3.63) is 28.2 Å². The molecule has 0 aliphatic carbocycles. The first-order chi connectivity index (χ1) is 8.95. The standard InChI is InChI=1S/C15H22BrN3/c1-11(2)10-19(8-4-7-17)13-5-6-14(12(3)18)15(16)9-13/h5-6,9,11-12H,4,8,10,18H2,1-3H3/t12-/m1/s1. The maximum absolute atomic E-state index is 8.77. The summed E-state index contributed by atoms with van der Waals surface area (Å²) in [5, 5.41) is 8.77. The zero-order chi connectivity index (χ0) is 14.4. The fourth-order valence-electron chi connectivity index (χ4n) is 2.03. The van der Waals surface area contributed by atoms with Gasteiger partial charge in [-0.1, -0.05) is 35.8 Å². The summed E-state index contributed by atoms with van der Waals surface area (Å²) >= 11 is 3.58. The largest absolute Gasteiger partial charge is 0.370 e. The first-order valence-electron chi connectivity index (χ1n) is 6.62. The molecule has 3 nitrogen and oxygen atoms in total. The maximum atomic E-state index is 8.77. The van der Waals surface area contributed by atoms with Crippen LogP contribution in [0.15, 0.2) is 22.7 Å². The average Bonchev–Trinajstić information content (AvgIpc) is 2.33. The van der Waals surface area contributed by atoms with Crippen LogP contribution in [0.1, 0.15) is 38.8 Å². The van der Waals surface area contributed by atoms with Crippen molar-refractivity contribution in [1.29, 1.82) is 5.26 Å². The Bertz CT molecular complexity index is 449. The predicted octanol–water partition coefficient (Wildman–Crippen LogP) is 3.84. The van der Waals surface area contributed by atoms with Crippen molar-refractivity contribution in [2.45, 2.75) is 33.2 Å². The lowest BCUT2D eigenvalue weighted by Crippen LogP contribution is -2.28. The molecule has 0 amide bonds. The van der Waals surface area contributed by atoms with Gasteiger partial charge >= 0.3 is 0 Å². The first kappa shape index (κ1) is 16.0. The summed E-state index contributed by atoms with van der Waals surface area (Å²) < 4.78 is 1.03. The SMILES string of the molecule is CC(C)CN(CCC#N)c1ccc([C@@H](C)N)c(Br)c1. The van der Waals surface area contributed by atoms with E-state index in [0.717, 1.165) is 28.8 Å². The summed E-state index contributed by atoms with van der Waals surface area (Å²) in [5.41, 5.74) is 8.16. The van der Waals surface area contributed by atoms with Gasteiger partial charge in [0.15, 0.2) is 0 Å². The van der Waals surface area contributed by atoms with Crippen LogP contribution < -0.4 is 10.6 Å². The molecule has 0 aromatic heterocycles. The van der Waals surface area contributed by atoms with E-state index < -0.39 is 0 Å². The molecule has 0 unspecified atom stereocenters. The van der Waals surface area contributed by atoms with Gasteiger partial charge in [0.25, 0.3) is 0 Å². The van der Waals surface area contributed by atoms with E-state index in [-0.39, 0.29) is 6.04 Å². The molecule has 0 saturated carbocycles. The summed E-state index contributed by atoms with van der Waals surface area (Å²) in [4.78, 5) is 2.25. The topological polar surface area (TPSA) is 53.0 Å². The Morgan fingerprint density at radius 1 is 1.37 bits per heavy atom. The number of anilines is 1. The van der Waals surface area contributed by atoms with E-state index in [1.165, 1.54) is 0 Å². The third-order valence-corrected chi connectivity index (χ3v) is 3.61. The molecule has 1 atom stereocenters. The van der Waals surface area contributed by atoms with Crippen LogP contribution in [0.4, 0.5) is 5.69 Å². The monoisotopic (exact) mass is 323 g/mol. The molecule has 4 heteroatoms. The van der Waals surface area contributed by atoms with Crippen LogP contribution in [-0.4, -0.2) is 13.1 Å². The number of rotatable bonds is 6. The van der Waals surface area contributed by atoms with Gasteiger partial charge in [0.1, 0.15) is 0 Å². The third-order valence-electron chi connectivity index (χ3n) is 2.92. The fourth-order valence-corrected chi connectivity index (χ4v) is 2.76. The number of hydrogen-bond acceptors (Lipinski definition) is 3. The highest BCUT2D eigenvalue weighted by Gasteiger charge is 2.11. The summed E-state index contributed by atoms with van der Waals surface area (Å²) in [6, 6.07) is 8.47. The molecule has 19 heavy (non-hydrogen) atoms. The van der Waals surface area contributed by atoms with Gasteiger partial charge < -0.3 is 10.6 Å². The Labute approximate surface area is 124 Å². The smallest absolute Gasteiger partial charge is 0.0640 e. The van der Waals surface area contributed by atoms with Crippen LogP contribution in [0.25, 0.3) is 0 Å². The Morgan fingerprint density at radius 2 is 2.05 bits per heavy atom. The van der Waals surface area contributed by atoms with Crippen molar-refractivity contribution in [3.63, 3.8) is 0 Å². The Balaban J connectivity index is 2.96. The van der Waals surface area contributed by atoms with Crippen LogP contribution in [0.2, 0.25) is 0 Å². The second-order valence-corrected chi connectivity index (χ2v) is 6.10. The van der Waals surface area contributed by atoms with E-state index in [0.29, 0.717) is 12.3 Å². The van der Waals surface area contributed by atoms with Crippen molar-refractivity contribution in [3.8, 4) is 6.07 Å². The number of benzene rings is 1. The molecule has 0 heterocycles. The Kier molecular flexibility index (Phi) is 6.33. The van der Waals surface area contributed by atoms with Crippen LogP contribution in [0.3, 0.4) is 0 Å². The summed E-state index contributed by atoms with van der Waals surface area (Å²) in [6.45, 7) is 8.06. The van der Waals surface area contributed by atoms with Crippen molar-refractivity contribution >= 4 is 21.6 Å². The summed E-state index contributed by atoms with van der Waals surface area (Å²) in [7, 11) is 0. The van der Waals surface area contributed by atoms with E-state index in [9.17, 15) is 0 Å². The first-order valence-corrected chi connectivity index (χ1v) is 7.42. The molecule has 1 rings (SSSR count). The van der Waals surface area contributed by atoms with Crippen molar-refractivity contribution < 1.29 is 0 Å². The lowest BCUT2D eigenvalue weighted by molar-refractivity contribution is 0.612. The van der Waals surface area contributed by atoms with Crippen molar-refractivity contribution in [1.82, 2.24) is 0 Å². The molecule has 104 valence electrons.